The lowest BCUT2D eigenvalue weighted by Crippen LogP contribution is -2.59. The summed E-state index contributed by atoms with van der Waals surface area (Å²) in [5.41, 5.74) is 11.0. The Kier molecular flexibility index (Phi) is 9.07. The number of aliphatic imine (C=N–C) groups is 1. The van der Waals surface area contributed by atoms with Crippen LogP contribution in [0.1, 0.15) is 38.2 Å². The fourth-order valence-electron chi connectivity index (χ4n) is 3.66. The maximum Gasteiger partial charge on any atom is 0.320 e. The Balaban J connectivity index is 2.03. The van der Waals surface area contributed by atoms with Gasteiger partial charge in [0.1, 0.15) is 6.04 Å². The second-order valence-electron chi connectivity index (χ2n) is 8.08. The first-order chi connectivity index (χ1) is 14.3. The van der Waals surface area contributed by atoms with E-state index in [1.165, 1.54) is 0 Å². The zero-order valence-corrected chi connectivity index (χ0v) is 17.6. The molecule has 1 aliphatic heterocycles. The number of nitrogens with zero attached hydrogens (tertiary/aromatic N) is 1. The highest BCUT2D eigenvalue weighted by molar-refractivity contribution is 5.82. The molecule has 3 atom stereocenters. The zero-order chi connectivity index (χ0) is 22.0. The Labute approximate surface area is 177 Å². The van der Waals surface area contributed by atoms with Crippen LogP contribution in [0.5, 0.6) is 0 Å². The van der Waals surface area contributed by atoms with Gasteiger partial charge in [0.25, 0.3) is 0 Å². The van der Waals surface area contributed by atoms with Crippen LogP contribution in [0.4, 0.5) is 0 Å². The van der Waals surface area contributed by atoms with Crippen LogP contribution in [0.2, 0.25) is 0 Å². The predicted molar refractivity (Wildman–Crippen MR) is 117 cm³/mol. The number of rotatable bonds is 12. The van der Waals surface area contributed by atoms with Gasteiger partial charge in [-0.2, -0.15) is 0 Å². The minimum absolute atomic E-state index is 0.00601. The highest BCUT2D eigenvalue weighted by atomic mass is 16.4. The maximum absolute atomic E-state index is 12.7. The Hall–Kier alpha value is -2.65. The van der Waals surface area contributed by atoms with E-state index < -0.39 is 17.6 Å². The number of nitrogens with two attached hydrogens (primary N) is 2. The van der Waals surface area contributed by atoms with Gasteiger partial charge >= 0.3 is 5.97 Å². The van der Waals surface area contributed by atoms with Crippen LogP contribution in [-0.2, 0) is 16.0 Å². The monoisotopic (exact) mass is 418 g/mol. The molecule has 0 spiro atoms. The van der Waals surface area contributed by atoms with E-state index in [1.807, 2.05) is 37.3 Å². The van der Waals surface area contributed by atoms with Crippen molar-refractivity contribution in [3.05, 3.63) is 35.9 Å². The largest absolute Gasteiger partial charge is 0.480 e. The molecule has 1 aromatic carbocycles. The molecular weight excluding hydrogens is 384 g/mol. The minimum Gasteiger partial charge on any atom is -0.480 e. The normalized spacial score (nSPS) is 18.9. The number of carbonyl (C=O) groups is 2. The summed E-state index contributed by atoms with van der Waals surface area (Å²) in [6.45, 7) is 3.47. The second kappa shape index (κ2) is 11.5. The number of hydrogen-bond acceptors (Lipinski definition) is 5. The van der Waals surface area contributed by atoms with Crippen molar-refractivity contribution in [2.75, 3.05) is 19.6 Å². The van der Waals surface area contributed by atoms with Crippen molar-refractivity contribution in [3.8, 4) is 0 Å². The molecule has 0 bridgehead atoms. The zero-order valence-electron chi connectivity index (χ0n) is 17.6. The summed E-state index contributed by atoms with van der Waals surface area (Å²) in [6, 6.07) is 8.90. The summed E-state index contributed by atoms with van der Waals surface area (Å²) >= 11 is 0. The van der Waals surface area contributed by atoms with Crippen LogP contribution in [0.25, 0.3) is 0 Å². The third-order valence-electron chi connectivity index (χ3n) is 5.22. The highest BCUT2D eigenvalue weighted by Gasteiger charge is 2.32. The number of carbonyl (C=O) groups excluding carboxylic acids is 1. The molecule has 1 saturated heterocycles. The van der Waals surface area contributed by atoms with Gasteiger partial charge in [0.15, 0.2) is 5.96 Å². The second-order valence-corrected chi connectivity index (χ2v) is 8.08. The minimum atomic E-state index is -0.939. The molecular formula is C21H34N6O3. The molecule has 1 aliphatic rings. The van der Waals surface area contributed by atoms with E-state index in [4.69, 9.17) is 11.5 Å². The van der Waals surface area contributed by atoms with E-state index in [0.717, 1.165) is 24.9 Å². The van der Waals surface area contributed by atoms with Crippen molar-refractivity contribution in [2.45, 2.75) is 56.7 Å². The quantitative estimate of drug-likeness (QED) is 0.158. The van der Waals surface area contributed by atoms with Gasteiger partial charge < -0.3 is 32.5 Å². The number of guanidine groups is 1. The first-order valence-electron chi connectivity index (χ1n) is 10.4. The Morgan fingerprint density at radius 2 is 2.07 bits per heavy atom. The molecule has 0 radical (unpaired) electrons. The van der Waals surface area contributed by atoms with Crippen molar-refractivity contribution in [1.82, 2.24) is 16.0 Å². The van der Waals surface area contributed by atoms with Crippen LogP contribution in [0.3, 0.4) is 0 Å². The van der Waals surface area contributed by atoms with Gasteiger partial charge in [0.2, 0.25) is 5.91 Å². The molecule has 0 aromatic heterocycles. The van der Waals surface area contributed by atoms with E-state index in [1.54, 1.807) is 0 Å². The number of carboxylic acid groups (broad SMARTS) is 1. The van der Waals surface area contributed by atoms with Crippen LogP contribution in [0, 0.1) is 0 Å². The first kappa shape index (κ1) is 23.6. The first-order valence-corrected chi connectivity index (χ1v) is 10.4. The summed E-state index contributed by atoms with van der Waals surface area (Å²) < 4.78 is 0. The number of benzene rings is 1. The van der Waals surface area contributed by atoms with Crippen LogP contribution in [0.15, 0.2) is 35.3 Å². The molecule has 1 amide bonds. The van der Waals surface area contributed by atoms with Gasteiger partial charge in [0, 0.05) is 13.1 Å². The molecule has 2 rings (SSSR count). The van der Waals surface area contributed by atoms with Crippen molar-refractivity contribution < 1.29 is 14.7 Å². The SMILES string of the molecule is CC(CN[C@@H](CCCN=C(N)N)C(=O)O)(Cc1ccccc1)NC(=O)[C@@H]1CCCN1. The molecule has 0 aliphatic carbocycles. The lowest BCUT2D eigenvalue weighted by molar-refractivity contribution is -0.139. The number of nitrogens with one attached hydrogen (secondary N) is 3. The van der Waals surface area contributed by atoms with Crippen LogP contribution in [-0.4, -0.2) is 60.2 Å². The topological polar surface area (TPSA) is 155 Å². The lowest BCUT2D eigenvalue weighted by atomic mass is 9.91. The lowest BCUT2D eigenvalue weighted by Gasteiger charge is -2.34. The summed E-state index contributed by atoms with van der Waals surface area (Å²) in [4.78, 5) is 28.3. The van der Waals surface area contributed by atoms with E-state index >= 15 is 0 Å². The Bertz CT molecular complexity index is 717. The molecule has 166 valence electrons. The number of hydrogen-bond donors (Lipinski definition) is 6. The molecule has 8 N–H and O–H groups in total. The Morgan fingerprint density at radius 3 is 2.67 bits per heavy atom. The molecule has 9 nitrogen and oxygen atoms in total. The Morgan fingerprint density at radius 1 is 1.33 bits per heavy atom. The van der Waals surface area contributed by atoms with E-state index in [0.29, 0.717) is 32.4 Å². The molecule has 30 heavy (non-hydrogen) atoms. The van der Waals surface area contributed by atoms with E-state index in [9.17, 15) is 14.7 Å². The van der Waals surface area contributed by atoms with Crippen LogP contribution >= 0.6 is 0 Å². The fraction of sp³-hybridized carbons (Fsp3) is 0.571. The van der Waals surface area contributed by atoms with Gasteiger partial charge in [-0.15, -0.1) is 0 Å². The summed E-state index contributed by atoms with van der Waals surface area (Å²) in [5.74, 6) is -0.994. The third kappa shape index (κ3) is 8.00. The molecule has 1 heterocycles. The molecule has 9 heteroatoms. The van der Waals surface area contributed by atoms with E-state index in [-0.39, 0.29) is 17.9 Å². The average Bonchev–Trinajstić information content (AvgIpc) is 3.22. The number of aliphatic carboxylic acids is 1. The van der Waals surface area contributed by atoms with Crippen molar-refractivity contribution in [1.29, 1.82) is 0 Å². The van der Waals surface area contributed by atoms with E-state index in [2.05, 4.69) is 20.9 Å². The number of carboxylic acids is 1. The van der Waals surface area contributed by atoms with Crippen molar-refractivity contribution in [2.24, 2.45) is 16.5 Å². The highest BCUT2D eigenvalue weighted by Crippen LogP contribution is 2.15. The number of amides is 1. The average molecular weight is 419 g/mol. The third-order valence-corrected chi connectivity index (χ3v) is 5.22. The summed E-state index contributed by atoms with van der Waals surface area (Å²) in [5, 5.41) is 19.1. The van der Waals surface area contributed by atoms with Gasteiger partial charge in [-0.05, 0) is 51.1 Å². The molecule has 0 saturated carbocycles. The smallest absolute Gasteiger partial charge is 0.320 e. The van der Waals surface area contributed by atoms with Gasteiger partial charge in [-0.3, -0.25) is 14.6 Å². The van der Waals surface area contributed by atoms with Gasteiger partial charge in [0.05, 0.1) is 11.6 Å². The predicted octanol–water partition coefficient (Wildman–Crippen LogP) is -0.0476. The van der Waals surface area contributed by atoms with Crippen molar-refractivity contribution in [3.63, 3.8) is 0 Å². The van der Waals surface area contributed by atoms with Crippen LogP contribution < -0.4 is 27.4 Å². The fourth-order valence-corrected chi connectivity index (χ4v) is 3.66. The standard InChI is InChI=1S/C21H34N6O3/c1-21(13-15-7-3-2-4-8-15,27-18(28)16-9-5-11-24-16)14-26-17(19(29)30)10-6-12-25-20(22)23/h2-4,7-8,16-17,24,26H,5-6,9-14H2,1H3,(H,27,28)(H,29,30)(H4,22,23,25)/t16-,17-,21?/m0/s1. The van der Waals surface area contributed by atoms with Gasteiger partial charge in [-0.25, -0.2) is 0 Å². The van der Waals surface area contributed by atoms with Crippen molar-refractivity contribution >= 4 is 17.8 Å². The summed E-state index contributed by atoms with van der Waals surface area (Å²) in [7, 11) is 0. The molecule has 1 aromatic rings. The molecule has 1 unspecified atom stereocenters. The molecule has 1 fully saturated rings. The maximum atomic E-state index is 12.7. The summed E-state index contributed by atoms with van der Waals surface area (Å²) in [6.07, 6.45) is 3.28. The van der Waals surface area contributed by atoms with Gasteiger partial charge in [-0.1, -0.05) is 30.3 Å².